The van der Waals surface area contributed by atoms with E-state index in [9.17, 15) is 13.2 Å². The van der Waals surface area contributed by atoms with Gasteiger partial charge in [0.1, 0.15) is 0 Å². The number of nitrogens with zero attached hydrogens (tertiary/aromatic N) is 2. The maximum atomic E-state index is 13.6. The molecule has 0 saturated heterocycles. The summed E-state index contributed by atoms with van der Waals surface area (Å²) in [5.74, 6) is 0. The number of likely N-dealkylation sites (N-methyl/N-ethyl adjacent to an activating group) is 1. The molecule has 0 aromatic heterocycles. The Morgan fingerprint density at radius 2 is 1.67 bits per heavy atom. The molecular formula is C19H15F3N2. The molecule has 0 bridgehead atoms. The normalized spacial score (nSPS) is 22.6. The number of allylic oxidation sites excluding steroid dienone is 1. The molecule has 2 aromatic carbocycles. The molecule has 0 radical (unpaired) electrons. The highest BCUT2D eigenvalue weighted by Gasteiger charge is 2.52. The van der Waals surface area contributed by atoms with Crippen molar-refractivity contribution in [3.63, 3.8) is 0 Å². The van der Waals surface area contributed by atoms with Crippen LogP contribution in [0.2, 0.25) is 0 Å². The van der Waals surface area contributed by atoms with E-state index in [0.29, 0.717) is 17.8 Å². The van der Waals surface area contributed by atoms with Gasteiger partial charge in [0.05, 0.1) is 23.2 Å². The largest absolute Gasteiger partial charge is 0.416 e. The lowest BCUT2D eigenvalue weighted by atomic mass is 9.76. The molecule has 0 saturated carbocycles. The fourth-order valence-corrected chi connectivity index (χ4v) is 3.71. The number of hydrazone groups is 1. The Hall–Kier alpha value is -2.56. The summed E-state index contributed by atoms with van der Waals surface area (Å²) in [5, 5.41) is 6.26. The van der Waals surface area contributed by atoms with E-state index in [1.807, 2.05) is 30.3 Å². The lowest BCUT2D eigenvalue weighted by Crippen LogP contribution is -2.35. The first kappa shape index (κ1) is 15.0. The first-order chi connectivity index (χ1) is 11.4. The van der Waals surface area contributed by atoms with Gasteiger partial charge in [-0.1, -0.05) is 60.7 Å². The van der Waals surface area contributed by atoms with Crippen LogP contribution in [0.5, 0.6) is 0 Å². The van der Waals surface area contributed by atoms with Gasteiger partial charge in [0.25, 0.3) is 0 Å². The number of alkyl halides is 3. The van der Waals surface area contributed by atoms with E-state index in [-0.39, 0.29) is 5.56 Å². The Kier molecular flexibility index (Phi) is 3.10. The summed E-state index contributed by atoms with van der Waals surface area (Å²) in [6, 6.07) is 16.2. The molecule has 2 aromatic rings. The smallest absolute Gasteiger partial charge is 0.298 e. The van der Waals surface area contributed by atoms with E-state index in [2.05, 4.69) is 5.10 Å². The van der Waals surface area contributed by atoms with E-state index in [0.717, 1.165) is 5.56 Å². The Bertz CT molecular complexity index is 852. The zero-order chi connectivity index (χ0) is 16.9. The van der Waals surface area contributed by atoms with Crippen molar-refractivity contribution < 1.29 is 13.2 Å². The molecule has 1 spiro atoms. The first-order valence-corrected chi connectivity index (χ1v) is 7.67. The Labute approximate surface area is 137 Å². The van der Waals surface area contributed by atoms with Crippen molar-refractivity contribution >= 4 is 11.3 Å². The van der Waals surface area contributed by atoms with Gasteiger partial charge >= 0.3 is 6.18 Å². The van der Waals surface area contributed by atoms with Crippen molar-refractivity contribution in [1.29, 1.82) is 0 Å². The molecule has 1 unspecified atom stereocenters. The molecule has 1 heterocycles. The topological polar surface area (TPSA) is 15.6 Å². The summed E-state index contributed by atoms with van der Waals surface area (Å²) >= 11 is 0. The maximum absolute atomic E-state index is 13.6. The summed E-state index contributed by atoms with van der Waals surface area (Å²) in [6.07, 6.45) is -3.03. The van der Waals surface area contributed by atoms with Crippen molar-refractivity contribution in [2.24, 2.45) is 5.10 Å². The van der Waals surface area contributed by atoms with Crippen molar-refractivity contribution in [1.82, 2.24) is 5.01 Å². The van der Waals surface area contributed by atoms with Crippen molar-refractivity contribution in [3.8, 4) is 0 Å². The molecule has 5 heteroatoms. The molecule has 1 aliphatic heterocycles. The highest BCUT2D eigenvalue weighted by atomic mass is 19.4. The average molecular weight is 328 g/mol. The second-order valence-electron chi connectivity index (χ2n) is 6.20. The van der Waals surface area contributed by atoms with E-state index < -0.39 is 17.2 Å². The number of halogens is 3. The summed E-state index contributed by atoms with van der Waals surface area (Å²) < 4.78 is 40.7. The summed E-state index contributed by atoms with van der Waals surface area (Å²) in [4.78, 5) is 0. The van der Waals surface area contributed by atoms with Crippen molar-refractivity contribution in [2.75, 3.05) is 13.6 Å². The zero-order valence-corrected chi connectivity index (χ0v) is 13.0. The quantitative estimate of drug-likeness (QED) is 0.765. The molecule has 0 N–H and O–H groups in total. The monoisotopic (exact) mass is 328 g/mol. The van der Waals surface area contributed by atoms with Crippen molar-refractivity contribution in [2.45, 2.75) is 11.6 Å². The highest BCUT2D eigenvalue weighted by Crippen LogP contribution is 2.50. The lowest BCUT2D eigenvalue weighted by molar-refractivity contribution is -0.0688. The molecule has 0 fully saturated rings. The van der Waals surface area contributed by atoms with Crippen LogP contribution in [0.3, 0.4) is 0 Å². The number of benzene rings is 2. The van der Waals surface area contributed by atoms with Crippen LogP contribution in [0.4, 0.5) is 13.2 Å². The molecule has 2 nitrogen and oxygen atoms in total. The van der Waals surface area contributed by atoms with E-state index in [4.69, 9.17) is 0 Å². The van der Waals surface area contributed by atoms with Crippen molar-refractivity contribution in [3.05, 3.63) is 77.4 Å². The molecule has 1 atom stereocenters. The van der Waals surface area contributed by atoms with Crippen LogP contribution >= 0.6 is 0 Å². The number of hydrogen-bond donors (Lipinski definition) is 0. The van der Waals surface area contributed by atoms with Crippen LogP contribution in [-0.2, 0) is 5.41 Å². The first-order valence-electron chi connectivity index (χ1n) is 7.67. The van der Waals surface area contributed by atoms with Crippen LogP contribution < -0.4 is 0 Å². The van der Waals surface area contributed by atoms with E-state index >= 15 is 0 Å². The summed E-state index contributed by atoms with van der Waals surface area (Å²) in [5.41, 5.74) is 0.997. The van der Waals surface area contributed by atoms with Gasteiger partial charge < -0.3 is 0 Å². The van der Waals surface area contributed by atoms with Gasteiger partial charge in [0.2, 0.25) is 0 Å². The molecule has 122 valence electrons. The van der Waals surface area contributed by atoms with Crippen LogP contribution in [0.15, 0.2) is 65.8 Å². The maximum Gasteiger partial charge on any atom is 0.416 e. The third kappa shape index (κ3) is 2.08. The number of fused-ring (bicyclic) bond motifs is 2. The highest BCUT2D eigenvalue weighted by molar-refractivity contribution is 6.13. The van der Waals surface area contributed by atoms with Gasteiger partial charge in [0, 0.05) is 7.05 Å². The fourth-order valence-electron chi connectivity index (χ4n) is 3.71. The molecule has 24 heavy (non-hydrogen) atoms. The minimum atomic E-state index is -4.39. The zero-order valence-electron chi connectivity index (χ0n) is 13.0. The molecule has 0 amide bonds. The standard InChI is InChI=1S/C19H15F3N2/c1-24-12-18(17(23-24)13-7-3-2-4-8-13)11-16(19(20,21)22)14-9-5-6-10-15(14)18/h2-11H,12H2,1H3. The van der Waals surface area contributed by atoms with Gasteiger partial charge in [-0.3, -0.25) is 5.01 Å². The summed E-state index contributed by atoms with van der Waals surface area (Å²) in [6.45, 7) is 0.397. The van der Waals surface area contributed by atoms with Gasteiger partial charge in [-0.15, -0.1) is 0 Å². The molecular weight excluding hydrogens is 313 g/mol. The minimum absolute atomic E-state index is 0.254. The lowest BCUT2D eigenvalue weighted by Gasteiger charge is -2.25. The number of hydrogen-bond acceptors (Lipinski definition) is 2. The second-order valence-corrected chi connectivity index (χ2v) is 6.20. The SMILES string of the molecule is CN1CC2(C=C(C(F)(F)F)c3ccccc32)C(c2ccccc2)=N1. The fraction of sp³-hybridized carbons (Fsp3) is 0.211. The molecule has 2 aliphatic rings. The third-order valence-corrected chi connectivity index (χ3v) is 4.61. The Morgan fingerprint density at radius 3 is 2.38 bits per heavy atom. The average Bonchev–Trinajstić information content (AvgIpc) is 3.07. The van der Waals surface area contributed by atoms with Gasteiger partial charge in [-0.25, -0.2) is 0 Å². The Morgan fingerprint density at radius 1 is 1.00 bits per heavy atom. The predicted molar refractivity (Wildman–Crippen MR) is 87.8 cm³/mol. The van der Waals surface area contributed by atoms with Crippen LogP contribution in [0.1, 0.15) is 16.7 Å². The van der Waals surface area contributed by atoms with E-state index in [1.165, 1.54) is 6.08 Å². The molecule has 1 aliphatic carbocycles. The minimum Gasteiger partial charge on any atom is -0.298 e. The predicted octanol–water partition coefficient (Wildman–Crippen LogP) is 4.23. The molecule has 4 rings (SSSR count). The second kappa shape index (κ2) is 4.97. The number of rotatable bonds is 1. The van der Waals surface area contributed by atoms with Crippen LogP contribution in [-0.4, -0.2) is 30.5 Å². The van der Waals surface area contributed by atoms with Gasteiger partial charge in [-0.05, 0) is 16.7 Å². The van der Waals surface area contributed by atoms with E-state index in [1.54, 1.807) is 36.3 Å². The third-order valence-electron chi connectivity index (χ3n) is 4.61. The summed E-state index contributed by atoms with van der Waals surface area (Å²) in [7, 11) is 1.79. The van der Waals surface area contributed by atoms with Gasteiger partial charge in [-0.2, -0.15) is 18.3 Å². The van der Waals surface area contributed by atoms with Crippen LogP contribution in [0.25, 0.3) is 5.57 Å². The Balaban J connectivity index is 1.97. The van der Waals surface area contributed by atoms with Gasteiger partial charge in [0.15, 0.2) is 0 Å². The van der Waals surface area contributed by atoms with Crippen LogP contribution in [0, 0.1) is 0 Å².